The van der Waals surface area contributed by atoms with Gasteiger partial charge in [-0.2, -0.15) is 10.2 Å². The van der Waals surface area contributed by atoms with Crippen molar-refractivity contribution in [1.29, 1.82) is 0 Å². The van der Waals surface area contributed by atoms with E-state index in [1.165, 1.54) is 0 Å². The second kappa shape index (κ2) is 11.9. The van der Waals surface area contributed by atoms with E-state index in [0.29, 0.717) is 12.4 Å². The van der Waals surface area contributed by atoms with Gasteiger partial charge in [0.2, 0.25) is 0 Å². The fourth-order valence-corrected chi connectivity index (χ4v) is 3.96. The molecule has 0 bridgehead atoms. The third kappa shape index (κ3) is 6.07. The second-order valence-corrected chi connectivity index (χ2v) is 8.68. The molecule has 7 nitrogen and oxygen atoms in total. The van der Waals surface area contributed by atoms with Gasteiger partial charge in [0.15, 0.2) is 6.61 Å². The first-order chi connectivity index (χ1) is 18.7. The van der Waals surface area contributed by atoms with Crippen LogP contribution in [-0.2, 0) is 4.79 Å². The number of rotatable bonds is 10. The first kappa shape index (κ1) is 24.8. The number of nitrogens with one attached hydrogen (secondary N) is 1. The van der Waals surface area contributed by atoms with Crippen LogP contribution in [0.25, 0.3) is 27.7 Å². The Bertz CT molecular complexity index is 1540. The van der Waals surface area contributed by atoms with Gasteiger partial charge in [0.05, 0.1) is 18.5 Å². The van der Waals surface area contributed by atoms with E-state index in [1.54, 1.807) is 10.9 Å². The van der Waals surface area contributed by atoms with Crippen LogP contribution in [0.3, 0.4) is 0 Å². The van der Waals surface area contributed by atoms with Gasteiger partial charge in [0.1, 0.15) is 17.2 Å². The van der Waals surface area contributed by atoms with E-state index < -0.39 is 0 Å². The molecule has 5 rings (SSSR count). The van der Waals surface area contributed by atoms with Crippen molar-refractivity contribution in [3.63, 3.8) is 0 Å². The molecule has 0 unspecified atom stereocenters. The van der Waals surface area contributed by atoms with Gasteiger partial charge in [-0.1, -0.05) is 55.5 Å². The number of para-hydroxylation sites is 1. The number of carbonyl (C=O) groups excluding carboxylic acids is 1. The van der Waals surface area contributed by atoms with Crippen LogP contribution >= 0.6 is 0 Å². The summed E-state index contributed by atoms with van der Waals surface area (Å²) in [6.07, 6.45) is 4.42. The fourth-order valence-electron chi connectivity index (χ4n) is 3.96. The Morgan fingerprint density at radius 3 is 2.42 bits per heavy atom. The van der Waals surface area contributed by atoms with Gasteiger partial charge >= 0.3 is 0 Å². The molecule has 0 atom stereocenters. The van der Waals surface area contributed by atoms with Gasteiger partial charge in [-0.25, -0.2) is 10.1 Å². The average molecular weight is 505 g/mol. The number of hydrogen-bond acceptors (Lipinski definition) is 5. The van der Waals surface area contributed by atoms with Gasteiger partial charge in [-0.05, 0) is 65.7 Å². The van der Waals surface area contributed by atoms with Crippen molar-refractivity contribution in [2.24, 2.45) is 5.10 Å². The van der Waals surface area contributed by atoms with Crippen LogP contribution in [0.4, 0.5) is 0 Å². The molecule has 0 aliphatic heterocycles. The molecule has 0 aliphatic rings. The zero-order valence-corrected chi connectivity index (χ0v) is 21.1. The summed E-state index contributed by atoms with van der Waals surface area (Å²) < 4.78 is 13.2. The molecule has 1 N–H and O–H groups in total. The van der Waals surface area contributed by atoms with Crippen molar-refractivity contribution < 1.29 is 14.3 Å². The monoisotopic (exact) mass is 504 g/mol. The minimum absolute atomic E-state index is 0.148. The highest BCUT2D eigenvalue weighted by atomic mass is 16.5. The van der Waals surface area contributed by atoms with Gasteiger partial charge < -0.3 is 9.47 Å². The number of aromatic nitrogens is 2. The maximum Gasteiger partial charge on any atom is 0.277 e. The molecule has 0 aliphatic carbocycles. The Morgan fingerprint density at radius 1 is 0.895 bits per heavy atom. The molecule has 38 heavy (non-hydrogen) atoms. The first-order valence-corrected chi connectivity index (χ1v) is 12.5. The van der Waals surface area contributed by atoms with E-state index in [1.807, 2.05) is 103 Å². The third-order valence-corrected chi connectivity index (χ3v) is 5.85. The number of hydrogen-bond donors (Lipinski definition) is 1. The number of hydrazone groups is 1. The van der Waals surface area contributed by atoms with Gasteiger partial charge in [0.25, 0.3) is 5.91 Å². The lowest BCUT2D eigenvalue weighted by Gasteiger charge is -2.06. The Morgan fingerprint density at radius 2 is 1.63 bits per heavy atom. The molecule has 0 fully saturated rings. The van der Waals surface area contributed by atoms with E-state index in [4.69, 9.17) is 14.6 Å². The molecule has 4 aromatic carbocycles. The highest BCUT2D eigenvalue weighted by Crippen LogP contribution is 2.25. The number of fused-ring (bicyclic) bond motifs is 1. The summed E-state index contributed by atoms with van der Waals surface area (Å²) in [6, 6.07) is 31.3. The Kier molecular flexibility index (Phi) is 7.75. The number of ether oxygens (including phenoxy) is 2. The van der Waals surface area contributed by atoms with E-state index in [2.05, 4.69) is 17.5 Å². The van der Waals surface area contributed by atoms with E-state index in [-0.39, 0.29) is 12.5 Å². The SMILES string of the molecule is CCCOc1ccc(-c2nn(-c3ccccc3)cc2/C=N\NC(=O)COc2ccc3ccccc3c2)cc1. The van der Waals surface area contributed by atoms with Crippen molar-refractivity contribution in [3.8, 4) is 28.4 Å². The van der Waals surface area contributed by atoms with Crippen molar-refractivity contribution >= 4 is 22.9 Å². The number of nitrogens with zero attached hydrogens (tertiary/aromatic N) is 3. The van der Waals surface area contributed by atoms with E-state index in [9.17, 15) is 4.79 Å². The zero-order chi connectivity index (χ0) is 26.2. The Balaban J connectivity index is 1.29. The lowest BCUT2D eigenvalue weighted by Crippen LogP contribution is -2.24. The van der Waals surface area contributed by atoms with Crippen LogP contribution in [0.1, 0.15) is 18.9 Å². The maximum absolute atomic E-state index is 12.4. The second-order valence-electron chi connectivity index (χ2n) is 8.68. The van der Waals surface area contributed by atoms with Crippen LogP contribution in [0.5, 0.6) is 11.5 Å². The van der Waals surface area contributed by atoms with Crippen molar-refractivity contribution in [3.05, 3.63) is 109 Å². The van der Waals surface area contributed by atoms with Gasteiger partial charge in [-0.3, -0.25) is 4.79 Å². The van der Waals surface area contributed by atoms with Crippen LogP contribution in [0.2, 0.25) is 0 Å². The Labute approximate surface area is 221 Å². The van der Waals surface area contributed by atoms with Gasteiger partial charge in [0, 0.05) is 17.3 Å². The predicted molar refractivity (Wildman–Crippen MR) is 150 cm³/mol. The van der Waals surface area contributed by atoms with Crippen molar-refractivity contribution in [2.75, 3.05) is 13.2 Å². The summed E-state index contributed by atoms with van der Waals surface area (Å²) >= 11 is 0. The summed E-state index contributed by atoms with van der Waals surface area (Å²) in [5, 5.41) is 11.1. The maximum atomic E-state index is 12.4. The fraction of sp³-hybridized carbons (Fsp3) is 0.129. The molecule has 0 saturated carbocycles. The molecule has 0 saturated heterocycles. The average Bonchev–Trinajstić information content (AvgIpc) is 3.40. The molecule has 190 valence electrons. The smallest absolute Gasteiger partial charge is 0.277 e. The molecular formula is C31H28N4O3. The molecule has 1 aromatic heterocycles. The lowest BCUT2D eigenvalue weighted by atomic mass is 10.1. The van der Waals surface area contributed by atoms with E-state index >= 15 is 0 Å². The number of carbonyl (C=O) groups is 1. The summed E-state index contributed by atoms with van der Waals surface area (Å²) in [5.41, 5.74) is 5.87. The molecule has 1 heterocycles. The van der Waals surface area contributed by atoms with Crippen molar-refractivity contribution in [1.82, 2.24) is 15.2 Å². The highest BCUT2D eigenvalue weighted by Gasteiger charge is 2.12. The first-order valence-electron chi connectivity index (χ1n) is 12.5. The quantitative estimate of drug-likeness (QED) is 0.187. The normalized spacial score (nSPS) is 11.1. The standard InChI is InChI=1S/C31H28N4O3/c1-2-18-37-28-15-13-24(14-16-28)31-26(21-35(34-31)27-10-4-3-5-11-27)20-32-33-30(36)22-38-29-17-12-23-8-6-7-9-25(23)19-29/h3-17,19-21H,2,18,22H2,1H3,(H,33,36)/b32-20-. The Hall–Kier alpha value is -4.91. The molecular weight excluding hydrogens is 476 g/mol. The number of amides is 1. The largest absolute Gasteiger partial charge is 0.494 e. The van der Waals surface area contributed by atoms with Crippen LogP contribution < -0.4 is 14.9 Å². The summed E-state index contributed by atoms with van der Waals surface area (Å²) in [4.78, 5) is 12.4. The minimum atomic E-state index is -0.358. The molecule has 1 amide bonds. The molecule has 0 spiro atoms. The lowest BCUT2D eigenvalue weighted by molar-refractivity contribution is -0.123. The topological polar surface area (TPSA) is 77.7 Å². The minimum Gasteiger partial charge on any atom is -0.494 e. The summed E-state index contributed by atoms with van der Waals surface area (Å²) in [5.74, 6) is 1.08. The van der Waals surface area contributed by atoms with Crippen molar-refractivity contribution in [2.45, 2.75) is 13.3 Å². The van der Waals surface area contributed by atoms with Gasteiger partial charge in [-0.15, -0.1) is 0 Å². The zero-order valence-electron chi connectivity index (χ0n) is 21.1. The van der Waals surface area contributed by atoms with E-state index in [0.717, 1.165) is 45.5 Å². The summed E-state index contributed by atoms with van der Waals surface area (Å²) in [6.45, 7) is 2.60. The highest BCUT2D eigenvalue weighted by molar-refractivity contribution is 5.90. The van der Waals surface area contributed by atoms with Crippen LogP contribution in [0.15, 0.2) is 108 Å². The molecule has 5 aromatic rings. The summed E-state index contributed by atoms with van der Waals surface area (Å²) in [7, 11) is 0. The molecule has 0 radical (unpaired) electrons. The predicted octanol–water partition coefficient (Wildman–Crippen LogP) is 6.01. The van der Waals surface area contributed by atoms with Crippen LogP contribution in [-0.4, -0.2) is 35.1 Å². The number of benzene rings is 4. The van der Waals surface area contributed by atoms with Crippen LogP contribution in [0, 0.1) is 0 Å². The third-order valence-electron chi connectivity index (χ3n) is 5.85. The molecule has 7 heteroatoms.